The summed E-state index contributed by atoms with van der Waals surface area (Å²) in [6.07, 6.45) is 2.37. The van der Waals surface area contributed by atoms with E-state index in [0.29, 0.717) is 26.1 Å². The van der Waals surface area contributed by atoms with E-state index in [9.17, 15) is 4.79 Å². The van der Waals surface area contributed by atoms with Crippen molar-refractivity contribution in [1.82, 2.24) is 20.6 Å². The number of ether oxygens (including phenoxy) is 1. The molecule has 1 fully saturated rings. The Hall–Kier alpha value is -1.83. The van der Waals surface area contributed by atoms with Gasteiger partial charge in [0.15, 0.2) is 0 Å². The van der Waals surface area contributed by atoms with E-state index in [4.69, 9.17) is 4.74 Å². The molecule has 1 aliphatic rings. The lowest BCUT2D eigenvalue weighted by Crippen LogP contribution is -2.55. The van der Waals surface area contributed by atoms with Gasteiger partial charge in [-0.25, -0.2) is 4.98 Å². The zero-order chi connectivity index (χ0) is 16.1. The van der Waals surface area contributed by atoms with E-state index in [1.54, 1.807) is 17.5 Å². The Balaban J connectivity index is 1.49. The monoisotopic (exact) mass is 332 g/mol. The lowest BCUT2D eigenvalue weighted by Gasteiger charge is -2.29. The first kappa shape index (κ1) is 16.0. The number of carbonyl (C=O) groups is 1. The molecule has 6 nitrogen and oxygen atoms in total. The van der Waals surface area contributed by atoms with Crippen LogP contribution in [-0.2, 0) is 16.0 Å². The van der Waals surface area contributed by atoms with Gasteiger partial charge < -0.3 is 15.4 Å². The third-order valence-corrected chi connectivity index (χ3v) is 4.62. The molecule has 1 amide bonds. The minimum Gasteiger partial charge on any atom is -0.375 e. The molecule has 2 aromatic heterocycles. The van der Waals surface area contributed by atoms with Crippen molar-refractivity contribution < 1.29 is 9.53 Å². The van der Waals surface area contributed by atoms with Gasteiger partial charge in [-0.2, -0.15) is 0 Å². The van der Waals surface area contributed by atoms with E-state index in [2.05, 4.69) is 20.6 Å². The molecule has 3 heterocycles. The summed E-state index contributed by atoms with van der Waals surface area (Å²) in [5.74, 6) is -0.0151. The number of amides is 1. The third kappa shape index (κ3) is 4.13. The Labute approximate surface area is 139 Å². The van der Waals surface area contributed by atoms with Crippen molar-refractivity contribution in [2.24, 2.45) is 0 Å². The fraction of sp³-hybridized carbons (Fsp3) is 0.438. The highest BCUT2D eigenvalue weighted by Gasteiger charge is 2.27. The average molecular weight is 332 g/mol. The number of pyridine rings is 1. The summed E-state index contributed by atoms with van der Waals surface area (Å²) in [6.45, 7) is 3.85. The summed E-state index contributed by atoms with van der Waals surface area (Å²) >= 11 is 1.59. The van der Waals surface area contributed by atoms with Crippen LogP contribution in [0.3, 0.4) is 0 Å². The van der Waals surface area contributed by atoms with Crippen LogP contribution in [0.5, 0.6) is 0 Å². The minimum absolute atomic E-state index is 0.0151. The highest BCUT2D eigenvalue weighted by molar-refractivity contribution is 7.09. The number of hydrogen-bond donors (Lipinski definition) is 2. The van der Waals surface area contributed by atoms with Crippen LogP contribution < -0.4 is 10.6 Å². The topological polar surface area (TPSA) is 76.1 Å². The zero-order valence-corrected chi connectivity index (χ0v) is 13.8. The Bertz CT molecular complexity index is 647. The van der Waals surface area contributed by atoms with Crippen LogP contribution in [0.1, 0.15) is 11.9 Å². The molecule has 2 N–H and O–H groups in total. The van der Waals surface area contributed by atoms with Gasteiger partial charge in [0.1, 0.15) is 6.04 Å². The van der Waals surface area contributed by atoms with Crippen molar-refractivity contribution in [2.75, 3.05) is 19.7 Å². The van der Waals surface area contributed by atoms with Crippen LogP contribution in [-0.4, -0.2) is 47.7 Å². The lowest BCUT2D eigenvalue weighted by molar-refractivity contribution is -0.128. The fourth-order valence-electron chi connectivity index (χ4n) is 2.49. The summed E-state index contributed by atoms with van der Waals surface area (Å²) in [5, 5.41) is 9.13. The molecule has 2 atom stereocenters. The number of aromatic nitrogens is 2. The predicted molar refractivity (Wildman–Crippen MR) is 89.3 cm³/mol. The Morgan fingerprint density at radius 1 is 1.48 bits per heavy atom. The Morgan fingerprint density at radius 3 is 3.17 bits per heavy atom. The Kier molecular flexibility index (Phi) is 5.32. The van der Waals surface area contributed by atoms with Gasteiger partial charge in [0, 0.05) is 31.1 Å². The molecule has 0 bridgehead atoms. The molecule has 0 spiro atoms. The third-order valence-electron chi connectivity index (χ3n) is 3.72. The molecule has 0 aromatic carbocycles. The van der Waals surface area contributed by atoms with E-state index in [-0.39, 0.29) is 18.1 Å². The number of nitrogens with one attached hydrogen (secondary N) is 2. The van der Waals surface area contributed by atoms with Crippen LogP contribution in [0.2, 0.25) is 0 Å². The number of thiazole rings is 1. The zero-order valence-electron chi connectivity index (χ0n) is 13.0. The van der Waals surface area contributed by atoms with Gasteiger partial charge in [-0.1, -0.05) is 6.07 Å². The largest absolute Gasteiger partial charge is 0.375 e. The minimum atomic E-state index is -0.274. The van der Waals surface area contributed by atoms with Crippen LogP contribution in [0, 0.1) is 0 Å². The van der Waals surface area contributed by atoms with Crippen LogP contribution >= 0.6 is 11.3 Å². The van der Waals surface area contributed by atoms with Gasteiger partial charge in [0.2, 0.25) is 5.91 Å². The number of morpholine rings is 1. The lowest BCUT2D eigenvalue weighted by atomic mass is 10.1. The van der Waals surface area contributed by atoms with Gasteiger partial charge in [0.05, 0.1) is 29.1 Å². The van der Waals surface area contributed by atoms with Gasteiger partial charge in [-0.3, -0.25) is 9.78 Å². The van der Waals surface area contributed by atoms with Crippen LogP contribution in [0.15, 0.2) is 29.8 Å². The highest BCUT2D eigenvalue weighted by Crippen LogP contribution is 2.19. The smallest absolute Gasteiger partial charge is 0.239 e. The molecular weight excluding hydrogens is 312 g/mol. The van der Waals surface area contributed by atoms with Gasteiger partial charge in [-0.05, 0) is 19.1 Å². The molecule has 0 radical (unpaired) electrons. The van der Waals surface area contributed by atoms with E-state index in [0.717, 1.165) is 16.4 Å². The van der Waals surface area contributed by atoms with Crippen molar-refractivity contribution in [3.05, 3.63) is 34.8 Å². The average Bonchev–Trinajstić information content (AvgIpc) is 3.05. The first-order valence-corrected chi connectivity index (χ1v) is 8.60. The number of rotatable bonds is 5. The van der Waals surface area contributed by atoms with E-state index < -0.39 is 0 Å². The second-order valence-electron chi connectivity index (χ2n) is 5.39. The number of nitrogens with zero attached hydrogens (tertiary/aromatic N) is 2. The van der Waals surface area contributed by atoms with E-state index in [1.165, 1.54) is 0 Å². The molecule has 122 valence electrons. The first-order valence-electron chi connectivity index (χ1n) is 7.72. The first-order chi connectivity index (χ1) is 11.2. The fourth-order valence-corrected chi connectivity index (χ4v) is 3.28. The number of hydrogen-bond acceptors (Lipinski definition) is 6. The quantitative estimate of drug-likeness (QED) is 0.861. The molecule has 0 unspecified atom stereocenters. The van der Waals surface area contributed by atoms with Crippen molar-refractivity contribution in [3.8, 4) is 11.4 Å². The molecule has 2 aromatic rings. The maximum absolute atomic E-state index is 12.1. The molecular formula is C16H20N4O2S. The van der Waals surface area contributed by atoms with Crippen molar-refractivity contribution in [1.29, 1.82) is 0 Å². The van der Waals surface area contributed by atoms with Crippen LogP contribution in [0.25, 0.3) is 11.4 Å². The van der Waals surface area contributed by atoms with Gasteiger partial charge in [-0.15, -0.1) is 11.3 Å². The standard InChI is InChI=1S/C16H20N4O2S/c1-11-15(18-8-9-22-11)16(21)19-7-5-14-20-13(10-23-14)12-4-2-3-6-17-12/h2-4,6,10-11,15,18H,5,7-9H2,1H3,(H,19,21)/t11-,15+/m1/s1. The summed E-state index contributed by atoms with van der Waals surface area (Å²) in [6, 6.07) is 5.50. The predicted octanol–water partition coefficient (Wildman–Crippen LogP) is 1.24. The van der Waals surface area contributed by atoms with Gasteiger partial charge >= 0.3 is 0 Å². The maximum Gasteiger partial charge on any atom is 0.239 e. The summed E-state index contributed by atoms with van der Waals surface area (Å²) in [5.41, 5.74) is 1.75. The SMILES string of the molecule is C[C@H]1OCCN[C@@H]1C(=O)NCCc1nc(-c2ccccn2)cs1. The van der Waals surface area contributed by atoms with Crippen molar-refractivity contribution >= 4 is 17.2 Å². The normalized spacial score (nSPS) is 21.1. The van der Waals surface area contributed by atoms with Crippen molar-refractivity contribution in [3.63, 3.8) is 0 Å². The molecule has 7 heteroatoms. The molecule has 1 saturated heterocycles. The van der Waals surface area contributed by atoms with Gasteiger partial charge in [0.25, 0.3) is 0 Å². The van der Waals surface area contributed by atoms with Crippen LogP contribution in [0.4, 0.5) is 0 Å². The second-order valence-corrected chi connectivity index (χ2v) is 6.33. The maximum atomic E-state index is 12.1. The molecule has 1 aliphatic heterocycles. The molecule has 3 rings (SSSR count). The molecule has 23 heavy (non-hydrogen) atoms. The number of carbonyl (C=O) groups excluding carboxylic acids is 1. The molecule has 0 saturated carbocycles. The summed E-state index contributed by atoms with van der Waals surface area (Å²) < 4.78 is 5.49. The van der Waals surface area contributed by atoms with E-state index >= 15 is 0 Å². The second kappa shape index (κ2) is 7.63. The Morgan fingerprint density at radius 2 is 2.39 bits per heavy atom. The highest BCUT2D eigenvalue weighted by atomic mass is 32.1. The summed E-state index contributed by atoms with van der Waals surface area (Å²) in [4.78, 5) is 21.0. The summed E-state index contributed by atoms with van der Waals surface area (Å²) in [7, 11) is 0. The van der Waals surface area contributed by atoms with Crippen molar-refractivity contribution in [2.45, 2.75) is 25.5 Å². The molecule has 0 aliphatic carbocycles. The van der Waals surface area contributed by atoms with E-state index in [1.807, 2.05) is 30.5 Å².